The van der Waals surface area contributed by atoms with Crippen LogP contribution in [0.25, 0.3) is 0 Å². The monoisotopic (exact) mass is 455 g/mol. The second-order valence-electron chi connectivity index (χ2n) is 8.59. The SMILES string of the molecule is CN1CCN(c2ccc(Sc3cc(N)cc(NC(=O)CN)c3)cc2OC2CCCC2)CC1. The number of nitrogens with one attached hydrogen (secondary N) is 1. The Balaban J connectivity index is 1.57. The van der Waals surface area contributed by atoms with E-state index in [2.05, 4.69) is 40.4 Å². The zero-order valence-corrected chi connectivity index (χ0v) is 19.5. The van der Waals surface area contributed by atoms with E-state index in [4.69, 9.17) is 16.2 Å². The van der Waals surface area contributed by atoms with Crippen molar-refractivity contribution in [2.24, 2.45) is 5.73 Å². The molecular formula is C24H33N5O2S. The molecule has 172 valence electrons. The van der Waals surface area contributed by atoms with E-state index in [1.807, 2.05) is 12.1 Å². The van der Waals surface area contributed by atoms with Crippen molar-refractivity contribution in [2.75, 3.05) is 55.7 Å². The van der Waals surface area contributed by atoms with E-state index in [1.165, 1.54) is 18.5 Å². The van der Waals surface area contributed by atoms with Gasteiger partial charge in [0.15, 0.2) is 0 Å². The summed E-state index contributed by atoms with van der Waals surface area (Å²) >= 11 is 1.61. The van der Waals surface area contributed by atoms with Crippen LogP contribution in [0, 0.1) is 0 Å². The van der Waals surface area contributed by atoms with Gasteiger partial charge in [0, 0.05) is 47.3 Å². The number of rotatable bonds is 7. The van der Waals surface area contributed by atoms with Crippen LogP contribution in [0.2, 0.25) is 0 Å². The van der Waals surface area contributed by atoms with E-state index >= 15 is 0 Å². The molecule has 1 amide bonds. The molecule has 0 bridgehead atoms. The molecule has 2 aromatic rings. The molecule has 2 aliphatic rings. The smallest absolute Gasteiger partial charge is 0.238 e. The topological polar surface area (TPSA) is 96.9 Å². The Labute approximate surface area is 194 Å². The molecule has 0 aromatic heterocycles. The maximum atomic E-state index is 11.7. The molecular weight excluding hydrogens is 422 g/mol. The van der Waals surface area contributed by atoms with Gasteiger partial charge in [0.2, 0.25) is 5.91 Å². The van der Waals surface area contributed by atoms with Gasteiger partial charge in [-0.3, -0.25) is 4.79 Å². The van der Waals surface area contributed by atoms with Crippen LogP contribution in [0.4, 0.5) is 17.1 Å². The van der Waals surface area contributed by atoms with Gasteiger partial charge in [-0.15, -0.1) is 0 Å². The fourth-order valence-corrected chi connectivity index (χ4v) is 5.20. The molecule has 1 aliphatic heterocycles. The van der Waals surface area contributed by atoms with E-state index in [9.17, 15) is 4.79 Å². The lowest BCUT2D eigenvalue weighted by Crippen LogP contribution is -2.44. The molecule has 5 N–H and O–H groups in total. The van der Waals surface area contributed by atoms with Gasteiger partial charge in [0.25, 0.3) is 0 Å². The fraction of sp³-hybridized carbons (Fsp3) is 0.458. The third-order valence-corrected chi connectivity index (χ3v) is 6.97. The molecule has 2 fully saturated rings. The van der Waals surface area contributed by atoms with Crippen molar-refractivity contribution in [3.63, 3.8) is 0 Å². The van der Waals surface area contributed by atoms with Crippen molar-refractivity contribution in [1.29, 1.82) is 0 Å². The van der Waals surface area contributed by atoms with Crippen molar-refractivity contribution in [3.05, 3.63) is 36.4 Å². The molecule has 2 aromatic carbocycles. The van der Waals surface area contributed by atoms with Gasteiger partial charge in [-0.05, 0) is 69.1 Å². The minimum atomic E-state index is -0.240. The maximum absolute atomic E-state index is 11.7. The average molecular weight is 456 g/mol. The Morgan fingerprint density at radius 1 is 1.09 bits per heavy atom. The number of benzene rings is 2. The third-order valence-electron chi connectivity index (χ3n) is 6.00. The van der Waals surface area contributed by atoms with Gasteiger partial charge < -0.3 is 31.3 Å². The number of hydrogen-bond donors (Lipinski definition) is 3. The van der Waals surface area contributed by atoms with Gasteiger partial charge in [-0.1, -0.05) is 11.8 Å². The normalized spacial score (nSPS) is 17.5. The Hall–Kier alpha value is -2.42. The first kappa shape index (κ1) is 22.8. The highest BCUT2D eigenvalue weighted by molar-refractivity contribution is 7.99. The first-order valence-corrected chi connectivity index (χ1v) is 12.1. The number of nitrogens with two attached hydrogens (primary N) is 2. The van der Waals surface area contributed by atoms with Crippen LogP contribution in [0.5, 0.6) is 5.75 Å². The van der Waals surface area contributed by atoms with Crippen LogP contribution in [0.1, 0.15) is 25.7 Å². The molecule has 32 heavy (non-hydrogen) atoms. The van der Waals surface area contributed by atoms with Crippen molar-refractivity contribution in [3.8, 4) is 5.75 Å². The second-order valence-corrected chi connectivity index (χ2v) is 9.74. The van der Waals surface area contributed by atoms with Crippen LogP contribution >= 0.6 is 11.8 Å². The number of anilines is 3. The van der Waals surface area contributed by atoms with Crippen LogP contribution < -0.4 is 26.4 Å². The molecule has 1 saturated heterocycles. The summed E-state index contributed by atoms with van der Waals surface area (Å²) in [5.74, 6) is 0.724. The maximum Gasteiger partial charge on any atom is 0.238 e. The summed E-state index contributed by atoms with van der Waals surface area (Å²) in [6.45, 7) is 4.06. The lowest BCUT2D eigenvalue weighted by molar-refractivity contribution is -0.114. The summed E-state index contributed by atoms with van der Waals surface area (Å²) in [5.41, 5.74) is 13.9. The summed E-state index contributed by atoms with van der Waals surface area (Å²) in [7, 11) is 2.17. The number of carbonyl (C=O) groups is 1. The van der Waals surface area contributed by atoms with Crippen molar-refractivity contribution in [2.45, 2.75) is 41.6 Å². The highest BCUT2D eigenvalue weighted by Crippen LogP contribution is 2.39. The molecule has 1 aliphatic carbocycles. The number of piperazine rings is 1. The van der Waals surface area contributed by atoms with Gasteiger partial charge in [0.05, 0.1) is 18.3 Å². The first-order valence-electron chi connectivity index (χ1n) is 11.3. The Bertz CT molecular complexity index is 940. The third kappa shape index (κ3) is 5.88. The van der Waals surface area contributed by atoms with Crippen molar-refractivity contribution < 1.29 is 9.53 Å². The minimum absolute atomic E-state index is 0.0626. The number of amides is 1. The van der Waals surface area contributed by atoms with Gasteiger partial charge in [0.1, 0.15) is 5.75 Å². The molecule has 7 nitrogen and oxygen atoms in total. The van der Waals surface area contributed by atoms with Crippen molar-refractivity contribution in [1.82, 2.24) is 4.90 Å². The molecule has 0 radical (unpaired) electrons. The summed E-state index contributed by atoms with van der Waals surface area (Å²) in [4.78, 5) is 18.5. The fourth-order valence-electron chi connectivity index (χ4n) is 4.25. The van der Waals surface area contributed by atoms with E-state index in [-0.39, 0.29) is 12.5 Å². The number of nitrogens with zero attached hydrogens (tertiary/aromatic N) is 2. The largest absolute Gasteiger partial charge is 0.488 e. The molecule has 1 heterocycles. The summed E-state index contributed by atoms with van der Waals surface area (Å²) in [5, 5.41) is 2.78. The van der Waals surface area contributed by atoms with E-state index < -0.39 is 0 Å². The number of nitrogen functional groups attached to an aromatic ring is 1. The average Bonchev–Trinajstić information content (AvgIpc) is 3.27. The Kier molecular flexibility index (Phi) is 7.44. The molecule has 0 atom stereocenters. The van der Waals surface area contributed by atoms with E-state index in [1.54, 1.807) is 17.8 Å². The predicted octanol–water partition coefficient (Wildman–Crippen LogP) is 3.39. The van der Waals surface area contributed by atoms with Gasteiger partial charge >= 0.3 is 0 Å². The lowest BCUT2D eigenvalue weighted by Gasteiger charge is -2.35. The molecule has 4 rings (SSSR count). The summed E-state index contributed by atoms with van der Waals surface area (Å²) in [6.07, 6.45) is 5.03. The quantitative estimate of drug-likeness (QED) is 0.551. The van der Waals surface area contributed by atoms with E-state index in [0.29, 0.717) is 17.5 Å². The van der Waals surface area contributed by atoms with Crippen molar-refractivity contribution >= 4 is 34.7 Å². The molecule has 0 spiro atoms. The minimum Gasteiger partial charge on any atom is -0.488 e. The molecule has 0 unspecified atom stereocenters. The zero-order valence-electron chi connectivity index (χ0n) is 18.7. The van der Waals surface area contributed by atoms with Crippen LogP contribution in [0.15, 0.2) is 46.2 Å². The van der Waals surface area contributed by atoms with Crippen LogP contribution in [-0.4, -0.2) is 56.7 Å². The second kappa shape index (κ2) is 10.5. The molecule has 8 heteroatoms. The lowest BCUT2D eigenvalue weighted by atomic mass is 10.2. The van der Waals surface area contributed by atoms with Gasteiger partial charge in [-0.2, -0.15) is 0 Å². The standard InChI is InChI=1S/C24H33N5O2S/c1-28-8-10-29(11-9-28)22-7-6-20(15-23(22)31-19-4-2-3-5-19)32-21-13-17(26)12-18(14-21)27-24(30)16-25/h6-7,12-15,19H,2-5,8-11,16,25-26H2,1H3,(H,27,30). The number of hydrogen-bond acceptors (Lipinski definition) is 7. The highest BCUT2D eigenvalue weighted by atomic mass is 32.2. The Morgan fingerprint density at radius 2 is 1.84 bits per heavy atom. The Morgan fingerprint density at radius 3 is 2.56 bits per heavy atom. The number of likely N-dealkylation sites (N-methyl/N-ethyl adjacent to an activating group) is 1. The number of carbonyl (C=O) groups excluding carboxylic acids is 1. The van der Waals surface area contributed by atoms with Crippen LogP contribution in [0.3, 0.4) is 0 Å². The summed E-state index contributed by atoms with van der Waals surface area (Å²) in [6, 6.07) is 12.0. The predicted molar refractivity (Wildman–Crippen MR) is 132 cm³/mol. The van der Waals surface area contributed by atoms with E-state index in [0.717, 1.165) is 54.6 Å². The van der Waals surface area contributed by atoms with Crippen LogP contribution in [-0.2, 0) is 4.79 Å². The highest BCUT2D eigenvalue weighted by Gasteiger charge is 2.22. The first-order chi connectivity index (χ1) is 15.5. The zero-order chi connectivity index (χ0) is 22.5. The summed E-state index contributed by atoms with van der Waals surface area (Å²) < 4.78 is 6.52. The number of ether oxygens (including phenoxy) is 1. The van der Waals surface area contributed by atoms with Gasteiger partial charge in [-0.25, -0.2) is 0 Å². The molecule has 1 saturated carbocycles.